The molecule has 0 bridgehead atoms. The maximum absolute atomic E-state index is 12.7. The van der Waals surface area contributed by atoms with E-state index in [1.165, 1.54) is 11.1 Å². The molecule has 0 unspecified atom stereocenters. The minimum absolute atomic E-state index is 0.0644. The summed E-state index contributed by atoms with van der Waals surface area (Å²) in [4.78, 5) is 34.4. The fraction of sp³-hybridized carbons (Fsp3) is 0.419. The predicted octanol–water partition coefficient (Wildman–Crippen LogP) is 4.16. The van der Waals surface area contributed by atoms with Gasteiger partial charge in [0.2, 0.25) is 5.91 Å². The first-order chi connectivity index (χ1) is 19.5. The fourth-order valence-corrected chi connectivity index (χ4v) is 6.71. The van der Waals surface area contributed by atoms with Crippen LogP contribution in [-0.4, -0.2) is 81.8 Å². The van der Waals surface area contributed by atoms with E-state index in [2.05, 4.69) is 45.3 Å². The number of hydrogen-bond acceptors (Lipinski definition) is 8. The van der Waals surface area contributed by atoms with E-state index in [1.54, 1.807) is 23.9 Å². The summed E-state index contributed by atoms with van der Waals surface area (Å²) < 4.78 is 11.7. The summed E-state index contributed by atoms with van der Waals surface area (Å²) in [6, 6.07) is 15.5. The van der Waals surface area contributed by atoms with E-state index in [0.717, 1.165) is 66.6 Å². The smallest absolute Gasteiger partial charge is 0.224 e. The first-order valence-corrected chi connectivity index (χ1v) is 15.0. The van der Waals surface area contributed by atoms with E-state index >= 15 is 0 Å². The molecule has 2 fully saturated rings. The second-order valence-electron chi connectivity index (χ2n) is 10.8. The lowest BCUT2D eigenvalue weighted by Gasteiger charge is -2.32. The maximum Gasteiger partial charge on any atom is 0.224 e. The van der Waals surface area contributed by atoms with Crippen LogP contribution >= 0.6 is 11.8 Å². The fourth-order valence-electron chi connectivity index (χ4n) is 5.54. The zero-order chi connectivity index (χ0) is 27.5. The summed E-state index contributed by atoms with van der Waals surface area (Å²) in [6.07, 6.45) is 2.15. The molecular weight excluding hydrogens is 524 g/mol. The Balaban J connectivity index is 1.13. The zero-order valence-corrected chi connectivity index (χ0v) is 23.8. The highest BCUT2D eigenvalue weighted by Gasteiger charge is 2.23. The second-order valence-corrected chi connectivity index (χ2v) is 11.8. The SMILES string of the molecule is CN1CCN(CCCC(=O)Nc2ccc3c(c2)Cc2cccc(-c4cc(=O)cc(N5CCOCC5)o4)c2S3)CC1. The number of hydrogen-bond donors (Lipinski definition) is 1. The lowest BCUT2D eigenvalue weighted by Crippen LogP contribution is -2.44. The number of nitrogens with one attached hydrogen (secondary N) is 1. The molecule has 0 saturated carbocycles. The van der Waals surface area contributed by atoms with Crippen LogP contribution in [0.25, 0.3) is 11.3 Å². The molecule has 2 saturated heterocycles. The third-order valence-corrected chi connectivity index (χ3v) is 9.15. The van der Waals surface area contributed by atoms with Gasteiger partial charge in [0.15, 0.2) is 11.3 Å². The molecule has 0 atom stereocenters. The Labute approximate surface area is 239 Å². The largest absolute Gasteiger partial charge is 0.440 e. The summed E-state index contributed by atoms with van der Waals surface area (Å²) in [5, 5.41) is 3.10. The van der Waals surface area contributed by atoms with E-state index < -0.39 is 0 Å². The van der Waals surface area contributed by atoms with Gasteiger partial charge in [-0.3, -0.25) is 9.59 Å². The number of carbonyl (C=O) groups excluding carboxylic acids is 1. The average molecular weight is 561 g/mol. The standard InChI is InChI=1S/C31H36N4O4S/c1-33-10-12-34(13-11-33)9-3-6-29(37)32-24-7-8-28-23(19-24)18-22-4-2-5-26(31(22)40-28)27-20-25(36)21-30(39-27)35-14-16-38-17-15-35/h2,4-5,7-8,19-21H,3,6,9-18H2,1H3,(H,32,37). The normalized spacial score (nSPS) is 17.8. The molecule has 0 aliphatic carbocycles. The van der Waals surface area contributed by atoms with Gasteiger partial charge in [0.25, 0.3) is 0 Å². The van der Waals surface area contributed by atoms with Gasteiger partial charge in [-0.05, 0) is 55.8 Å². The van der Waals surface area contributed by atoms with Crippen molar-refractivity contribution in [2.24, 2.45) is 0 Å². The summed E-state index contributed by atoms with van der Waals surface area (Å²) in [5.74, 6) is 1.24. The monoisotopic (exact) mass is 560 g/mol. The molecule has 6 rings (SSSR count). The van der Waals surface area contributed by atoms with Gasteiger partial charge in [-0.1, -0.05) is 30.0 Å². The molecule has 4 heterocycles. The Morgan fingerprint density at radius 3 is 2.62 bits per heavy atom. The predicted molar refractivity (Wildman–Crippen MR) is 159 cm³/mol. The van der Waals surface area contributed by atoms with Crippen LogP contribution in [0.15, 0.2) is 67.5 Å². The number of carbonyl (C=O) groups is 1. The Hall–Kier alpha value is -3.11. The Bertz CT molecular complexity index is 1430. The second kappa shape index (κ2) is 12.2. The number of amides is 1. The van der Waals surface area contributed by atoms with Crippen LogP contribution in [0.5, 0.6) is 0 Å². The van der Waals surface area contributed by atoms with Gasteiger partial charge < -0.3 is 29.2 Å². The Morgan fingerprint density at radius 2 is 1.80 bits per heavy atom. The van der Waals surface area contributed by atoms with Crippen LogP contribution in [0.1, 0.15) is 24.0 Å². The molecule has 3 aliphatic rings. The van der Waals surface area contributed by atoms with Crippen molar-refractivity contribution >= 4 is 29.2 Å². The van der Waals surface area contributed by atoms with E-state index in [1.807, 2.05) is 18.2 Å². The number of likely N-dealkylation sites (N-methyl/N-ethyl adjacent to an activating group) is 1. The minimum Gasteiger partial charge on any atom is -0.440 e. The Kier molecular flexibility index (Phi) is 8.25. The molecule has 2 aromatic carbocycles. The molecule has 9 heteroatoms. The van der Waals surface area contributed by atoms with E-state index in [4.69, 9.17) is 9.15 Å². The van der Waals surface area contributed by atoms with Crippen molar-refractivity contribution in [3.05, 3.63) is 69.9 Å². The number of piperazine rings is 1. The van der Waals surface area contributed by atoms with Gasteiger partial charge >= 0.3 is 0 Å². The molecule has 1 amide bonds. The molecule has 0 spiro atoms. The van der Waals surface area contributed by atoms with Gasteiger partial charge in [-0.15, -0.1) is 0 Å². The first-order valence-electron chi connectivity index (χ1n) is 14.1. The molecule has 40 heavy (non-hydrogen) atoms. The highest BCUT2D eigenvalue weighted by Crippen LogP contribution is 2.45. The van der Waals surface area contributed by atoms with Crippen LogP contribution in [0.2, 0.25) is 0 Å². The third kappa shape index (κ3) is 6.28. The van der Waals surface area contributed by atoms with Gasteiger partial charge in [-0.2, -0.15) is 0 Å². The van der Waals surface area contributed by atoms with Crippen LogP contribution in [0, 0.1) is 0 Å². The Morgan fingerprint density at radius 1 is 0.975 bits per heavy atom. The van der Waals surface area contributed by atoms with Crippen LogP contribution in [-0.2, 0) is 16.0 Å². The molecule has 0 radical (unpaired) electrons. The van der Waals surface area contributed by atoms with Gasteiger partial charge in [0.05, 0.1) is 13.2 Å². The summed E-state index contributed by atoms with van der Waals surface area (Å²) >= 11 is 1.69. The molecule has 8 nitrogen and oxygen atoms in total. The molecule has 3 aromatic rings. The summed E-state index contributed by atoms with van der Waals surface area (Å²) in [7, 11) is 2.16. The van der Waals surface area contributed by atoms with Crippen molar-refractivity contribution in [2.75, 3.05) is 76.3 Å². The van der Waals surface area contributed by atoms with E-state index in [-0.39, 0.29) is 11.3 Å². The summed E-state index contributed by atoms with van der Waals surface area (Å²) in [6.45, 7) is 7.98. The topological polar surface area (TPSA) is 78.3 Å². The molecule has 210 valence electrons. The lowest BCUT2D eigenvalue weighted by molar-refractivity contribution is -0.116. The summed E-state index contributed by atoms with van der Waals surface area (Å²) in [5.41, 5.74) is 4.08. The lowest BCUT2D eigenvalue weighted by atomic mass is 10.00. The number of fused-ring (bicyclic) bond motifs is 2. The van der Waals surface area contributed by atoms with Gasteiger partial charge in [0, 0.05) is 78.9 Å². The van der Waals surface area contributed by atoms with Crippen LogP contribution in [0.3, 0.4) is 0 Å². The van der Waals surface area contributed by atoms with Crippen molar-refractivity contribution in [2.45, 2.75) is 29.1 Å². The first kappa shape index (κ1) is 27.1. The number of rotatable bonds is 7. The molecule has 3 aliphatic heterocycles. The van der Waals surface area contributed by atoms with Crippen molar-refractivity contribution in [1.29, 1.82) is 0 Å². The van der Waals surface area contributed by atoms with Gasteiger partial charge in [-0.25, -0.2) is 0 Å². The highest BCUT2D eigenvalue weighted by atomic mass is 32.2. The quantitative estimate of drug-likeness (QED) is 0.361. The zero-order valence-electron chi connectivity index (χ0n) is 23.0. The van der Waals surface area contributed by atoms with Gasteiger partial charge in [0.1, 0.15) is 5.76 Å². The number of ether oxygens (including phenoxy) is 1. The highest BCUT2D eigenvalue weighted by molar-refractivity contribution is 7.99. The van der Waals surface area contributed by atoms with Crippen molar-refractivity contribution in [1.82, 2.24) is 9.80 Å². The molecular formula is C31H36N4O4S. The van der Waals surface area contributed by atoms with E-state index in [9.17, 15) is 9.59 Å². The third-order valence-electron chi connectivity index (χ3n) is 7.85. The van der Waals surface area contributed by atoms with Crippen LogP contribution in [0.4, 0.5) is 11.6 Å². The minimum atomic E-state index is -0.0644. The number of benzene rings is 2. The average Bonchev–Trinajstić information content (AvgIpc) is 2.97. The van der Waals surface area contributed by atoms with Crippen molar-refractivity contribution in [3.8, 4) is 11.3 Å². The van der Waals surface area contributed by atoms with Crippen LogP contribution < -0.4 is 15.6 Å². The number of anilines is 2. The molecule has 1 N–H and O–H groups in total. The number of nitrogens with zero attached hydrogens (tertiary/aromatic N) is 3. The number of morpholine rings is 1. The maximum atomic E-state index is 12.7. The molecule has 1 aromatic heterocycles. The van der Waals surface area contributed by atoms with E-state index in [0.29, 0.717) is 44.4 Å². The van der Waals surface area contributed by atoms with Crippen molar-refractivity contribution < 1.29 is 13.9 Å². The van der Waals surface area contributed by atoms with Crippen molar-refractivity contribution in [3.63, 3.8) is 0 Å².